The van der Waals surface area contributed by atoms with E-state index in [1.165, 1.54) is 4.90 Å². The molecule has 116 valence electrons. The number of aliphatic hydroxyl groups excluding tert-OH is 1. The number of carbonyl (C=O) groups excluding carboxylic acids is 1. The van der Waals surface area contributed by atoms with E-state index in [4.69, 9.17) is 23.9 Å². The maximum absolute atomic E-state index is 12.8. The summed E-state index contributed by atoms with van der Waals surface area (Å²) in [7, 11) is 0. The lowest BCUT2D eigenvalue weighted by Gasteiger charge is -2.29. The summed E-state index contributed by atoms with van der Waals surface area (Å²) in [5.74, 6) is -0.0922. The molecule has 1 saturated heterocycles. The normalized spacial score (nSPS) is 17.0. The molecule has 1 heterocycles. The first-order chi connectivity index (χ1) is 10.3. The monoisotopic (exact) mass is 317 g/mol. The van der Waals surface area contributed by atoms with Crippen molar-refractivity contribution in [3.63, 3.8) is 0 Å². The van der Waals surface area contributed by atoms with E-state index in [-0.39, 0.29) is 12.5 Å². The quantitative estimate of drug-likeness (QED) is 0.685. The molecule has 1 aliphatic rings. The average Bonchev–Trinajstić information content (AvgIpc) is 2.63. The minimum Gasteiger partial charge on any atom is -0.396 e. The van der Waals surface area contributed by atoms with E-state index in [0.29, 0.717) is 29.5 Å². The Bertz CT molecular complexity index is 664. The van der Waals surface area contributed by atoms with Crippen LogP contribution in [0.2, 0.25) is 0 Å². The third-order valence-electron chi connectivity index (χ3n) is 3.92. The molecule has 5 nitrogen and oxygen atoms in total. The SMILES string of the molecule is [C-]#[N+]c1ccc(N2C(=O)C(C)(C)N(CCCO)C2=S)cc1C. The standard InChI is InChI=1S/C16H19N3O2S/c1-11-10-12(6-7-13(11)17-4)19-14(21)16(2,3)18(15(19)22)8-5-9-20/h6-7,10,20H,5,8-9H2,1-3H3. The van der Waals surface area contributed by atoms with Crippen molar-refractivity contribution in [1.82, 2.24) is 4.90 Å². The molecule has 0 atom stereocenters. The number of aryl methyl sites for hydroxylation is 1. The van der Waals surface area contributed by atoms with Gasteiger partial charge in [0.25, 0.3) is 5.91 Å². The summed E-state index contributed by atoms with van der Waals surface area (Å²) in [5.41, 5.74) is 1.32. The Hall–Kier alpha value is -1.97. The zero-order valence-electron chi connectivity index (χ0n) is 13.0. The van der Waals surface area contributed by atoms with Crippen molar-refractivity contribution in [3.05, 3.63) is 35.2 Å². The van der Waals surface area contributed by atoms with Crippen LogP contribution in [0.3, 0.4) is 0 Å². The van der Waals surface area contributed by atoms with Gasteiger partial charge in [0.1, 0.15) is 5.54 Å². The Morgan fingerprint density at radius 1 is 1.41 bits per heavy atom. The molecule has 0 unspecified atom stereocenters. The molecule has 0 aromatic heterocycles. The van der Waals surface area contributed by atoms with Crippen molar-refractivity contribution in [2.45, 2.75) is 32.7 Å². The highest BCUT2D eigenvalue weighted by Crippen LogP contribution is 2.34. The molecule has 2 rings (SSSR count). The van der Waals surface area contributed by atoms with Gasteiger partial charge in [0.2, 0.25) is 0 Å². The van der Waals surface area contributed by atoms with E-state index in [2.05, 4.69) is 4.85 Å². The molecular formula is C16H19N3O2S. The summed E-state index contributed by atoms with van der Waals surface area (Å²) < 4.78 is 0. The number of carbonyl (C=O) groups is 1. The summed E-state index contributed by atoms with van der Waals surface area (Å²) in [6.07, 6.45) is 0.556. The Morgan fingerprint density at radius 2 is 2.09 bits per heavy atom. The van der Waals surface area contributed by atoms with Crippen LogP contribution >= 0.6 is 12.2 Å². The smallest absolute Gasteiger partial charge is 0.258 e. The first-order valence-electron chi connectivity index (χ1n) is 7.09. The summed E-state index contributed by atoms with van der Waals surface area (Å²) in [4.78, 5) is 19.6. The summed E-state index contributed by atoms with van der Waals surface area (Å²) >= 11 is 5.48. The summed E-state index contributed by atoms with van der Waals surface area (Å²) in [6, 6.07) is 5.26. The minimum atomic E-state index is -0.737. The zero-order chi connectivity index (χ0) is 16.5. The second-order valence-corrected chi connectivity index (χ2v) is 6.16. The Balaban J connectivity index is 2.40. The van der Waals surface area contributed by atoms with Gasteiger partial charge in [-0.05, 0) is 57.1 Å². The lowest BCUT2D eigenvalue weighted by Crippen LogP contribution is -2.44. The third-order valence-corrected chi connectivity index (χ3v) is 4.33. The molecule has 1 amide bonds. The first kappa shape index (κ1) is 16.4. The minimum absolute atomic E-state index is 0.0577. The highest BCUT2D eigenvalue weighted by Gasteiger charge is 2.49. The largest absolute Gasteiger partial charge is 0.396 e. The molecule has 1 fully saturated rings. The molecule has 0 aliphatic carbocycles. The van der Waals surface area contributed by atoms with Gasteiger partial charge in [-0.15, -0.1) is 0 Å². The molecule has 1 aromatic rings. The highest BCUT2D eigenvalue weighted by atomic mass is 32.1. The third kappa shape index (κ3) is 2.58. The zero-order valence-corrected chi connectivity index (χ0v) is 13.8. The van der Waals surface area contributed by atoms with Crippen LogP contribution in [0.1, 0.15) is 25.8 Å². The predicted octanol–water partition coefficient (Wildman–Crippen LogP) is 2.64. The highest BCUT2D eigenvalue weighted by molar-refractivity contribution is 7.80. The number of hydrogen-bond acceptors (Lipinski definition) is 3. The van der Waals surface area contributed by atoms with Crippen molar-refractivity contribution in [2.75, 3.05) is 18.1 Å². The molecule has 22 heavy (non-hydrogen) atoms. The van der Waals surface area contributed by atoms with Gasteiger partial charge in [-0.3, -0.25) is 9.69 Å². The van der Waals surface area contributed by atoms with Gasteiger partial charge in [-0.2, -0.15) is 0 Å². The van der Waals surface area contributed by atoms with Crippen LogP contribution in [-0.2, 0) is 4.79 Å². The van der Waals surface area contributed by atoms with Gasteiger partial charge in [0.15, 0.2) is 10.8 Å². The van der Waals surface area contributed by atoms with Crippen LogP contribution in [0.4, 0.5) is 11.4 Å². The fourth-order valence-corrected chi connectivity index (χ4v) is 3.08. The van der Waals surface area contributed by atoms with Crippen molar-refractivity contribution in [2.24, 2.45) is 0 Å². The number of aliphatic hydroxyl groups is 1. The van der Waals surface area contributed by atoms with Crippen LogP contribution < -0.4 is 4.90 Å². The lowest BCUT2D eigenvalue weighted by atomic mass is 10.0. The molecule has 0 spiro atoms. The van der Waals surface area contributed by atoms with E-state index in [1.807, 2.05) is 31.7 Å². The van der Waals surface area contributed by atoms with Crippen LogP contribution in [0.25, 0.3) is 4.85 Å². The molecule has 1 N–H and O–H groups in total. The van der Waals surface area contributed by atoms with Crippen molar-refractivity contribution in [3.8, 4) is 0 Å². The van der Waals surface area contributed by atoms with E-state index >= 15 is 0 Å². The predicted molar refractivity (Wildman–Crippen MR) is 90.0 cm³/mol. The van der Waals surface area contributed by atoms with Gasteiger partial charge in [0.05, 0.1) is 6.57 Å². The molecule has 0 bridgehead atoms. The van der Waals surface area contributed by atoms with Gasteiger partial charge >= 0.3 is 0 Å². The van der Waals surface area contributed by atoms with E-state index in [9.17, 15) is 4.79 Å². The Morgan fingerprint density at radius 3 is 2.64 bits per heavy atom. The van der Waals surface area contributed by atoms with E-state index in [0.717, 1.165) is 5.56 Å². The molecular weight excluding hydrogens is 298 g/mol. The van der Waals surface area contributed by atoms with Gasteiger partial charge in [-0.25, -0.2) is 4.85 Å². The topological polar surface area (TPSA) is 48.1 Å². The maximum atomic E-state index is 12.8. The number of thiocarbonyl (C=S) groups is 1. The molecule has 1 aromatic carbocycles. The molecule has 0 saturated carbocycles. The van der Waals surface area contributed by atoms with E-state index in [1.54, 1.807) is 12.1 Å². The average molecular weight is 317 g/mol. The molecule has 0 radical (unpaired) electrons. The van der Waals surface area contributed by atoms with Crippen molar-refractivity contribution < 1.29 is 9.90 Å². The molecule has 6 heteroatoms. The van der Waals surface area contributed by atoms with E-state index < -0.39 is 5.54 Å². The summed E-state index contributed by atoms with van der Waals surface area (Å²) in [6.45, 7) is 13.2. The van der Waals surface area contributed by atoms with Crippen LogP contribution in [0.5, 0.6) is 0 Å². The van der Waals surface area contributed by atoms with Crippen LogP contribution in [0, 0.1) is 13.5 Å². The van der Waals surface area contributed by atoms with Crippen LogP contribution in [-0.4, -0.2) is 39.7 Å². The van der Waals surface area contributed by atoms with Crippen molar-refractivity contribution >= 4 is 34.6 Å². The number of amides is 1. The number of nitrogens with zero attached hydrogens (tertiary/aromatic N) is 3. The van der Waals surface area contributed by atoms with Crippen LogP contribution in [0.15, 0.2) is 18.2 Å². The maximum Gasteiger partial charge on any atom is 0.258 e. The van der Waals surface area contributed by atoms with Gasteiger partial charge in [0, 0.05) is 18.8 Å². The fraction of sp³-hybridized carbons (Fsp3) is 0.438. The lowest BCUT2D eigenvalue weighted by molar-refractivity contribution is -0.123. The Kier molecular flexibility index (Phi) is 4.50. The number of benzene rings is 1. The molecule has 1 aliphatic heterocycles. The summed E-state index contributed by atoms with van der Waals surface area (Å²) in [5, 5.41) is 9.47. The Labute approximate surface area is 136 Å². The number of anilines is 1. The van der Waals surface area contributed by atoms with Crippen molar-refractivity contribution in [1.29, 1.82) is 0 Å². The number of hydrogen-bond donors (Lipinski definition) is 1. The second-order valence-electron chi connectivity index (χ2n) is 5.79. The number of rotatable bonds is 4. The van der Waals surface area contributed by atoms with Gasteiger partial charge in [-0.1, -0.05) is 6.07 Å². The van der Waals surface area contributed by atoms with Gasteiger partial charge < -0.3 is 10.0 Å². The fourth-order valence-electron chi connectivity index (χ4n) is 2.57. The first-order valence-corrected chi connectivity index (χ1v) is 7.50. The second kappa shape index (κ2) is 6.03.